The first-order valence-electron chi connectivity index (χ1n) is 4.35. The van der Waals surface area contributed by atoms with Crippen molar-refractivity contribution in [1.29, 1.82) is 0 Å². The van der Waals surface area contributed by atoms with E-state index in [1.54, 1.807) is 11.3 Å². The van der Waals surface area contributed by atoms with Gasteiger partial charge in [0, 0.05) is 0 Å². The van der Waals surface area contributed by atoms with Crippen molar-refractivity contribution in [3.8, 4) is 10.8 Å². The van der Waals surface area contributed by atoms with E-state index in [9.17, 15) is 0 Å². The van der Waals surface area contributed by atoms with Crippen LogP contribution in [0.25, 0.3) is 10.8 Å². The lowest BCUT2D eigenvalue weighted by molar-refractivity contribution is 0.264. The third-order valence-corrected chi connectivity index (χ3v) is 2.88. The Balaban J connectivity index is 2.38. The smallest absolute Gasteiger partial charge is 0.268 e. The molecule has 74 valence electrons. The molecular formula is C9H10N2O2S. The fourth-order valence-electron chi connectivity index (χ4n) is 1.21. The summed E-state index contributed by atoms with van der Waals surface area (Å²) < 4.78 is 5.03. The molecule has 0 saturated carbocycles. The Bertz CT molecular complexity index is 422. The molecule has 2 aromatic heterocycles. The summed E-state index contributed by atoms with van der Waals surface area (Å²) in [4.78, 5) is 5.06. The van der Waals surface area contributed by atoms with Crippen LogP contribution in [0.2, 0.25) is 0 Å². The summed E-state index contributed by atoms with van der Waals surface area (Å²) in [7, 11) is 0. The highest BCUT2D eigenvalue weighted by Gasteiger charge is 2.12. The van der Waals surface area contributed by atoms with Crippen LogP contribution >= 0.6 is 11.3 Å². The molecule has 0 aromatic carbocycles. The number of thiophene rings is 1. The van der Waals surface area contributed by atoms with Gasteiger partial charge < -0.3 is 9.63 Å². The van der Waals surface area contributed by atoms with Crippen LogP contribution in [0.15, 0.2) is 16.0 Å². The highest BCUT2D eigenvalue weighted by Crippen LogP contribution is 2.28. The summed E-state index contributed by atoms with van der Waals surface area (Å²) in [6, 6.07) is 2.04. The van der Waals surface area contributed by atoms with E-state index in [-0.39, 0.29) is 6.61 Å². The van der Waals surface area contributed by atoms with Crippen LogP contribution < -0.4 is 0 Å². The molecule has 2 heterocycles. The molecule has 14 heavy (non-hydrogen) atoms. The van der Waals surface area contributed by atoms with E-state index in [2.05, 4.69) is 17.1 Å². The Morgan fingerprint density at radius 1 is 1.57 bits per heavy atom. The number of aliphatic hydroxyl groups is 1. The minimum Gasteiger partial charge on any atom is -0.388 e. The summed E-state index contributed by atoms with van der Waals surface area (Å²) in [6.45, 7) is 1.89. The molecule has 2 aromatic rings. The monoisotopic (exact) mass is 210 g/mol. The third-order valence-electron chi connectivity index (χ3n) is 1.93. The first-order chi connectivity index (χ1) is 6.85. The minimum absolute atomic E-state index is 0.184. The number of rotatable bonds is 3. The van der Waals surface area contributed by atoms with Crippen LogP contribution in [0.1, 0.15) is 18.3 Å². The van der Waals surface area contributed by atoms with E-state index in [4.69, 9.17) is 9.63 Å². The number of aryl methyl sites for hydroxylation is 1. The molecule has 0 fully saturated rings. The van der Waals surface area contributed by atoms with Gasteiger partial charge in [0.25, 0.3) is 5.89 Å². The summed E-state index contributed by atoms with van der Waals surface area (Å²) in [6.07, 6.45) is 0.940. The molecule has 0 amide bonds. The molecule has 0 aliphatic carbocycles. The number of aliphatic hydroxyl groups excluding tert-OH is 1. The van der Waals surface area contributed by atoms with E-state index in [0.717, 1.165) is 11.3 Å². The Hall–Kier alpha value is -1.20. The first-order valence-corrected chi connectivity index (χ1v) is 5.23. The van der Waals surface area contributed by atoms with Crippen LogP contribution in [-0.2, 0) is 13.0 Å². The van der Waals surface area contributed by atoms with E-state index in [1.165, 1.54) is 5.56 Å². The zero-order chi connectivity index (χ0) is 9.97. The fourth-order valence-corrected chi connectivity index (χ4v) is 2.13. The van der Waals surface area contributed by atoms with Gasteiger partial charge in [-0.3, -0.25) is 0 Å². The van der Waals surface area contributed by atoms with Crippen molar-refractivity contribution >= 4 is 11.3 Å². The average molecular weight is 210 g/mol. The maximum Gasteiger partial charge on any atom is 0.268 e. The molecule has 4 nitrogen and oxygen atoms in total. The summed E-state index contributed by atoms with van der Waals surface area (Å²) in [5.41, 5.74) is 1.20. The van der Waals surface area contributed by atoms with Crippen molar-refractivity contribution in [2.24, 2.45) is 0 Å². The minimum atomic E-state index is -0.184. The standard InChI is InChI=1S/C9H10N2O2S/c1-2-6-3-4-14-8(6)9-10-7(5-12)11-13-9/h3-4,12H,2,5H2,1H3. The maximum atomic E-state index is 8.79. The van der Waals surface area contributed by atoms with Crippen molar-refractivity contribution in [3.63, 3.8) is 0 Å². The molecule has 0 aliphatic rings. The Labute approximate surface area is 85.2 Å². The van der Waals surface area contributed by atoms with Gasteiger partial charge in [-0.25, -0.2) is 0 Å². The number of hydrogen-bond donors (Lipinski definition) is 1. The highest BCUT2D eigenvalue weighted by atomic mass is 32.1. The normalized spacial score (nSPS) is 10.7. The molecule has 0 bridgehead atoms. The fraction of sp³-hybridized carbons (Fsp3) is 0.333. The lowest BCUT2D eigenvalue weighted by Crippen LogP contribution is -1.85. The summed E-state index contributed by atoms with van der Waals surface area (Å²) in [5.74, 6) is 0.830. The molecule has 0 saturated heterocycles. The zero-order valence-corrected chi connectivity index (χ0v) is 8.54. The highest BCUT2D eigenvalue weighted by molar-refractivity contribution is 7.13. The van der Waals surface area contributed by atoms with Gasteiger partial charge in [0.15, 0.2) is 5.82 Å². The van der Waals surface area contributed by atoms with E-state index in [0.29, 0.717) is 11.7 Å². The second-order valence-corrected chi connectivity index (χ2v) is 3.72. The number of nitrogens with zero attached hydrogens (tertiary/aromatic N) is 2. The van der Waals surface area contributed by atoms with E-state index < -0.39 is 0 Å². The lowest BCUT2D eigenvalue weighted by Gasteiger charge is -1.92. The second-order valence-electron chi connectivity index (χ2n) is 2.80. The van der Waals surface area contributed by atoms with E-state index in [1.807, 2.05) is 11.4 Å². The number of aromatic nitrogens is 2. The topological polar surface area (TPSA) is 59.2 Å². The lowest BCUT2D eigenvalue weighted by atomic mass is 10.2. The van der Waals surface area contributed by atoms with Crippen molar-refractivity contribution in [1.82, 2.24) is 10.1 Å². The van der Waals surface area contributed by atoms with Crippen LogP contribution in [-0.4, -0.2) is 15.2 Å². The molecule has 0 spiro atoms. The van der Waals surface area contributed by atoms with E-state index >= 15 is 0 Å². The molecule has 0 unspecified atom stereocenters. The average Bonchev–Trinajstić information content (AvgIpc) is 2.85. The summed E-state index contributed by atoms with van der Waals surface area (Å²) in [5, 5.41) is 14.4. The van der Waals surface area contributed by atoms with Crippen molar-refractivity contribution in [3.05, 3.63) is 22.8 Å². The third kappa shape index (κ3) is 1.56. The first kappa shape index (κ1) is 9.36. The molecular weight excluding hydrogens is 200 g/mol. The van der Waals surface area contributed by atoms with Crippen molar-refractivity contribution in [2.45, 2.75) is 20.0 Å². The maximum absolute atomic E-state index is 8.79. The molecule has 1 N–H and O–H groups in total. The van der Waals surface area contributed by atoms with Gasteiger partial charge in [-0.2, -0.15) is 4.98 Å². The predicted octanol–water partition coefficient (Wildman–Crippen LogP) is 1.85. The van der Waals surface area contributed by atoms with Gasteiger partial charge in [0.1, 0.15) is 6.61 Å². The molecule has 0 aliphatic heterocycles. The number of hydrogen-bond acceptors (Lipinski definition) is 5. The predicted molar refractivity (Wildman–Crippen MR) is 52.9 cm³/mol. The van der Waals surface area contributed by atoms with Crippen LogP contribution in [0.4, 0.5) is 0 Å². The van der Waals surface area contributed by atoms with Crippen molar-refractivity contribution < 1.29 is 9.63 Å². The van der Waals surface area contributed by atoms with Gasteiger partial charge in [-0.15, -0.1) is 11.3 Å². The molecule has 2 rings (SSSR count). The van der Waals surface area contributed by atoms with Gasteiger partial charge in [-0.05, 0) is 23.4 Å². The molecule has 0 radical (unpaired) electrons. The zero-order valence-electron chi connectivity index (χ0n) is 7.73. The van der Waals surface area contributed by atoms with Gasteiger partial charge in [0.2, 0.25) is 0 Å². The second kappa shape index (κ2) is 3.89. The van der Waals surface area contributed by atoms with Crippen LogP contribution in [0.5, 0.6) is 0 Å². The van der Waals surface area contributed by atoms with Gasteiger partial charge >= 0.3 is 0 Å². The molecule has 5 heteroatoms. The summed E-state index contributed by atoms with van der Waals surface area (Å²) >= 11 is 1.57. The van der Waals surface area contributed by atoms with Gasteiger partial charge in [-0.1, -0.05) is 12.1 Å². The Morgan fingerprint density at radius 2 is 2.43 bits per heavy atom. The largest absolute Gasteiger partial charge is 0.388 e. The van der Waals surface area contributed by atoms with Gasteiger partial charge in [0.05, 0.1) is 4.88 Å². The van der Waals surface area contributed by atoms with Crippen LogP contribution in [0.3, 0.4) is 0 Å². The van der Waals surface area contributed by atoms with Crippen molar-refractivity contribution in [2.75, 3.05) is 0 Å². The molecule has 0 atom stereocenters. The quantitative estimate of drug-likeness (QED) is 0.839. The Morgan fingerprint density at radius 3 is 3.07 bits per heavy atom. The van der Waals surface area contributed by atoms with Crippen LogP contribution in [0, 0.1) is 0 Å². The Kier molecular flexibility index (Phi) is 2.60. The SMILES string of the molecule is CCc1ccsc1-c1nc(CO)no1.